The summed E-state index contributed by atoms with van der Waals surface area (Å²) in [5.74, 6) is 0.0891. The topological polar surface area (TPSA) is 55.8 Å². The SMILES string of the molecule is COC(=O)c1ccc2c(c1O)CC(C)O2. The van der Waals surface area contributed by atoms with Crippen molar-refractivity contribution in [3.63, 3.8) is 0 Å². The van der Waals surface area contributed by atoms with Gasteiger partial charge in [0.25, 0.3) is 0 Å². The second-order valence-corrected chi connectivity index (χ2v) is 3.56. The summed E-state index contributed by atoms with van der Waals surface area (Å²) in [7, 11) is 1.29. The number of rotatable bonds is 1. The predicted octanol–water partition coefficient (Wildman–Crippen LogP) is 1.50. The number of hydrogen-bond donors (Lipinski definition) is 1. The van der Waals surface area contributed by atoms with E-state index in [4.69, 9.17) is 4.74 Å². The first-order valence-corrected chi connectivity index (χ1v) is 4.73. The highest BCUT2D eigenvalue weighted by Crippen LogP contribution is 2.37. The molecule has 1 atom stereocenters. The number of benzene rings is 1. The smallest absolute Gasteiger partial charge is 0.341 e. The molecule has 4 heteroatoms. The van der Waals surface area contributed by atoms with Gasteiger partial charge in [0.15, 0.2) is 0 Å². The van der Waals surface area contributed by atoms with Gasteiger partial charge in [-0.3, -0.25) is 0 Å². The van der Waals surface area contributed by atoms with E-state index in [1.165, 1.54) is 13.2 Å². The van der Waals surface area contributed by atoms with Crippen molar-refractivity contribution >= 4 is 5.97 Å². The largest absolute Gasteiger partial charge is 0.507 e. The van der Waals surface area contributed by atoms with Crippen LogP contribution in [0.3, 0.4) is 0 Å². The van der Waals surface area contributed by atoms with Crippen LogP contribution in [0.2, 0.25) is 0 Å². The molecule has 15 heavy (non-hydrogen) atoms. The first kappa shape index (κ1) is 9.83. The number of ether oxygens (including phenoxy) is 2. The van der Waals surface area contributed by atoms with E-state index in [0.717, 1.165) is 0 Å². The van der Waals surface area contributed by atoms with Crippen LogP contribution in [0, 0.1) is 0 Å². The first-order chi connectivity index (χ1) is 7.13. The van der Waals surface area contributed by atoms with Crippen LogP contribution in [0.1, 0.15) is 22.8 Å². The zero-order valence-corrected chi connectivity index (χ0v) is 8.61. The van der Waals surface area contributed by atoms with E-state index in [9.17, 15) is 9.90 Å². The third kappa shape index (κ3) is 1.52. The third-order valence-electron chi connectivity index (χ3n) is 2.46. The Morgan fingerprint density at radius 2 is 2.33 bits per heavy atom. The molecule has 0 amide bonds. The fourth-order valence-corrected chi connectivity index (χ4v) is 1.75. The first-order valence-electron chi connectivity index (χ1n) is 4.73. The molecule has 0 aliphatic carbocycles. The molecule has 80 valence electrons. The molecule has 0 radical (unpaired) electrons. The zero-order chi connectivity index (χ0) is 11.0. The van der Waals surface area contributed by atoms with Crippen LogP contribution in [0.4, 0.5) is 0 Å². The summed E-state index contributed by atoms with van der Waals surface area (Å²) < 4.78 is 10.0. The molecule has 2 rings (SSSR count). The lowest BCUT2D eigenvalue weighted by molar-refractivity contribution is 0.0597. The molecular weight excluding hydrogens is 196 g/mol. The molecule has 1 aliphatic heterocycles. The molecule has 0 saturated heterocycles. The van der Waals surface area contributed by atoms with Gasteiger partial charge in [0.1, 0.15) is 23.2 Å². The average Bonchev–Trinajstić information content (AvgIpc) is 2.59. The fraction of sp³-hybridized carbons (Fsp3) is 0.364. The Morgan fingerprint density at radius 3 is 3.00 bits per heavy atom. The van der Waals surface area contributed by atoms with Crippen molar-refractivity contribution in [2.75, 3.05) is 7.11 Å². The van der Waals surface area contributed by atoms with Gasteiger partial charge in [-0.05, 0) is 19.1 Å². The molecule has 0 fully saturated rings. The van der Waals surface area contributed by atoms with Crippen LogP contribution in [-0.2, 0) is 11.2 Å². The minimum atomic E-state index is -0.533. The molecular formula is C11H12O4. The Balaban J connectivity index is 2.47. The number of carbonyl (C=O) groups excluding carboxylic acids is 1. The van der Waals surface area contributed by atoms with Crippen molar-refractivity contribution in [2.45, 2.75) is 19.4 Å². The minimum absolute atomic E-state index is 0.0244. The van der Waals surface area contributed by atoms with Crippen LogP contribution in [-0.4, -0.2) is 24.3 Å². The number of aromatic hydroxyl groups is 1. The Bertz CT molecular complexity index is 411. The van der Waals surface area contributed by atoms with Gasteiger partial charge in [-0.2, -0.15) is 0 Å². The Morgan fingerprint density at radius 1 is 1.60 bits per heavy atom. The Kier molecular flexibility index (Phi) is 2.26. The van der Waals surface area contributed by atoms with Gasteiger partial charge in [-0.1, -0.05) is 0 Å². The summed E-state index contributed by atoms with van der Waals surface area (Å²) in [4.78, 5) is 11.3. The molecule has 1 aliphatic rings. The molecule has 1 N–H and O–H groups in total. The number of phenolic OH excluding ortho intramolecular Hbond substituents is 1. The minimum Gasteiger partial charge on any atom is -0.507 e. The van der Waals surface area contributed by atoms with Gasteiger partial charge in [-0.25, -0.2) is 4.79 Å². The molecule has 1 unspecified atom stereocenters. The highest BCUT2D eigenvalue weighted by Gasteiger charge is 2.26. The molecule has 0 bridgehead atoms. The monoisotopic (exact) mass is 208 g/mol. The lowest BCUT2D eigenvalue weighted by atomic mass is 10.1. The summed E-state index contributed by atoms with van der Waals surface area (Å²) in [5, 5.41) is 9.85. The van der Waals surface area contributed by atoms with E-state index < -0.39 is 5.97 Å². The molecule has 0 saturated carbocycles. The number of carbonyl (C=O) groups is 1. The standard InChI is InChI=1S/C11H12O4/c1-6-5-8-9(15-6)4-3-7(10(8)12)11(13)14-2/h3-4,6,12H,5H2,1-2H3. The molecule has 1 aromatic carbocycles. The Hall–Kier alpha value is -1.71. The summed E-state index contributed by atoms with van der Waals surface area (Å²) >= 11 is 0. The lowest BCUT2D eigenvalue weighted by Crippen LogP contribution is -2.05. The van der Waals surface area contributed by atoms with Gasteiger partial charge in [-0.15, -0.1) is 0 Å². The average molecular weight is 208 g/mol. The van der Waals surface area contributed by atoms with E-state index in [2.05, 4.69) is 4.74 Å². The van der Waals surface area contributed by atoms with Gasteiger partial charge >= 0.3 is 5.97 Å². The van der Waals surface area contributed by atoms with Crippen LogP contribution < -0.4 is 4.74 Å². The quantitative estimate of drug-likeness (QED) is 0.710. The van der Waals surface area contributed by atoms with Gasteiger partial charge in [0.05, 0.1) is 7.11 Å². The lowest BCUT2D eigenvalue weighted by Gasteiger charge is -2.06. The van der Waals surface area contributed by atoms with Crippen molar-refractivity contribution in [3.8, 4) is 11.5 Å². The second kappa shape index (κ2) is 3.46. The summed E-state index contributed by atoms with van der Waals surface area (Å²) in [6, 6.07) is 3.20. The van der Waals surface area contributed by atoms with Crippen molar-refractivity contribution in [1.82, 2.24) is 0 Å². The van der Waals surface area contributed by atoms with Crippen LogP contribution in [0.15, 0.2) is 12.1 Å². The van der Waals surface area contributed by atoms with E-state index in [-0.39, 0.29) is 17.4 Å². The van der Waals surface area contributed by atoms with Crippen molar-refractivity contribution in [3.05, 3.63) is 23.3 Å². The zero-order valence-electron chi connectivity index (χ0n) is 8.61. The highest BCUT2D eigenvalue weighted by atomic mass is 16.5. The summed E-state index contributed by atoms with van der Waals surface area (Å²) in [6.07, 6.45) is 0.658. The summed E-state index contributed by atoms with van der Waals surface area (Å²) in [6.45, 7) is 1.91. The van der Waals surface area contributed by atoms with Crippen molar-refractivity contribution < 1.29 is 19.4 Å². The number of phenols is 1. The number of esters is 1. The predicted molar refractivity (Wildman–Crippen MR) is 53.2 cm³/mol. The summed E-state index contributed by atoms with van der Waals surface area (Å²) in [5.41, 5.74) is 0.874. The molecule has 1 aromatic rings. The van der Waals surface area contributed by atoms with Crippen LogP contribution in [0.25, 0.3) is 0 Å². The van der Waals surface area contributed by atoms with Gasteiger partial charge in [0.2, 0.25) is 0 Å². The van der Waals surface area contributed by atoms with Crippen molar-refractivity contribution in [1.29, 1.82) is 0 Å². The molecule has 0 aromatic heterocycles. The maximum absolute atomic E-state index is 11.3. The second-order valence-electron chi connectivity index (χ2n) is 3.56. The van der Waals surface area contributed by atoms with Crippen LogP contribution >= 0.6 is 0 Å². The maximum Gasteiger partial charge on any atom is 0.341 e. The van der Waals surface area contributed by atoms with Gasteiger partial charge in [0, 0.05) is 12.0 Å². The highest BCUT2D eigenvalue weighted by molar-refractivity contribution is 5.93. The fourth-order valence-electron chi connectivity index (χ4n) is 1.75. The Labute approximate surface area is 87.4 Å². The number of methoxy groups -OCH3 is 1. The normalized spacial score (nSPS) is 18.1. The molecule has 4 nitrogen and oxygen atoms in total. The number of fused-ring (bicyclic) bond motifs is 1. The number of hydrogen-bond acceptors (Lipinski definition) is 4. The molecule has 1 heterocycles. The van der Waals surface area contributed by atoms with Crippen molar-refractivity contribution in [2.24, 2.45) is 0 Å². The molecule has 0 spiro atoms. The van der Waals surface area contributed by atoms with Crippen LogP contribution in [0.5, 0.6) is 11.5 Å². The maximum atomic E-state index is 11.3. The van der Waals surface area contributed by atoms with E-state index in [0.29, 0.717) is 17.7 Å². The van der Waals surface area contributed by atoms with E-state index in [1.807, 2.05) is 6.92 Å². The van der Waals surface area contributed by atoms with Gasteiger partial charge < -0.3 is 14.6 Å². The third-order valence-corrected chi connectivity index (χ3v) is 2.46. The van der Waals surface area contributed by atoms with E-state index in [1.54, 1.807) is 6.07 Å². The van der Waals surface area contributed by atoms with E-state index >= 15 is 0 Å².